The van der Waals surface area contributed by atoms with Gasteiger partial charge >= 0.3 is 0 Å². The molecule has 76 heavy (non-hydrogen) atoms. The van der Waals surface area contributed by atoms with E-state index in [1.807, 2.05) is 0 Å². The zero-order valence-corrected chi connectivity index (χ0v) is 41.6. The van der Waals surface area contributed by atoms with Crippen molar-refractivity contribution in [2.24, 2.45) is 0 Å². The summed E-state index contributed by atoms with van der Waals surface area (Å²) < 4.78 is 14.2. The van der Waals surface area contributed by atoms with Crippen LogP contribution in [0.3, 0.4) is 0 Å². The summed E-state index contributed by atoms with van der Waals surface area (Å²) in [6.07, 6.45) is 0. The maximum Gasteiger partial charge on any atom is 0.135 e. The molecule has 0 aromatic heterocycles. The number of aliphatic hydroxyl groups is 2. The van der Waals surface area contributed by atoms with E-state index < -0.39 is 0 Å². The highest BCUT2D eigenvalue weighted by molar-refractivity contribution is 6.19. The fourth-order valence-corrected chi connectivity index (χ4v) is 12.1. The monoisotopic (exact) mass is 978 g/mol. The van der Waals surface area contributed by atoms with Gasteiger partial charge in [0.05, 0.1) is 13.2 Å². The van der Waals surface area contributed by atoms with Gasteiger partial charge < -0.3 is 19.7 Å². The molecule has 0 amide bonds. The predicted octanol–water partition coefficient (Wildman–Crippen LogP) is 18.0. The largest absolute Gasteiger partial charge is 0.490 e. The highest BCUT2D eigenvalue weighted by atomic mass is 16.5. The van der Waals surface area contributed by atoms with Crippen molar-refractivity contribution in [1.29, 1.82) is 0 Å². The molecule has 0 aliphatic heterocycles. The number of aliphatic hydroxyl groups excluding tert-OH is 2. The smallest absolute Gasteiger partial charge is 0.135 e. The molecule has 362 valence electrons. The lowest BCUT2D eigenvalue weighted by molar-refractivity contribution is 0.200. The number of ether oxygens (including phenoxy) is 2. The van der Waals surface area contributed by atoms with Gasteiger partial charge in [0.15, 0.2) is 0 Å². The van der Waals surface area contributed by atoms with E-state index in [1.54, 1.807) is 0 Å². The molecule has 0 radical (unpaired) electrons. The van der Waals surface area contributed by atoms with E-state index in [4.69, 9.17) is 9.47 Å². The first kappa shape index (κ1) is 45.3. The van der Waals surface area contributed by atoms with Crippen LogP contribution < -0.4 is 9.47 Å². The zero-order chi connectivity index (χ0) is 50.7. The maximum absolute atomic E-state index is 10.8. The van der Waals surface area contributed by atoms with Gasteiger partial charge in [-0.25, -0.2) is 0 Å². The molecule has 14 aromatic carbocycles. The van der Waals surface area contributed by atoms with Crippen LogP contribution in [0.25, 0.3) is 142 Å². The minimum atomic E-state index is -0.195. The fourth-order valence-electron chi connectivity index (χ4n) is 12.1. The van der Waals surface area contributed by atoms with Gasteiger partial charge in [-0.05, 0) is 168 Å². The Balaban J connectivity index is 1.18. The summed E-state index contributed by atoms with van der Waals surface area (Å²) in [5.74, 6) is 1.24. The number of benzene rings is 14. The third-order valence-electron chi connectivity index (χ3n) is 15.4. The van der Waals surface area contributed by atoms with Crippen LogP contribution in [0.15, 0.2) is 243 Å². The molecule has 4 nitrogen and oxygen atoms in total. The average Bonchev–Trinajstić information content (AvgIpc) is 3.57. The highest BCUT2D eigenvalue weighted by Crippen LogP contribution is 2.53. The third kappa shape index (κ3) is 7.53. The second kappa shape index (κ2) is 18.9. The summed E-state index contributed by atoms with van der Waals surface area (Å²) in [7, 11) is 0. The average molecular weight is 979 g/mol. The topological polar surface area (TPSA) is 58.9 Å². The molecule has 0 fully saturated rings. The van der Waals surface area contributed by atoms with Gasteiger partial charge in [0, 0.05) is 22.3 Å². The molecule has 0 saturated carbocycles. The van der Waals surface area contributed by atoms with Gasteiger partial charge in [0.25, 0.3) is 0 Å². The minimum Gasteiger partial charge on any atom is -0.490 e. The van der Waals surface area contributed by atoms with Crippen molar-refractivity contribution in [2.75, 3.05) is 26.4 Å². The van der Waals surface area contributed by atoms with Crippen molar-refractivity contribution in [2.45, 2.75) is 0 Å². The van der Waals surface area contributed by atoms with E-state index in [-0.39, 0.29) is 26.4 Å². The summed E-state index contributed by atoms with van der Waals surface area (Å²) in [4.78, 5) is 0. The van der Waals surface area contributed by atoms with Gasteiger partial charge in [0.2, 0.25) is 0 Å². The van der Waals surface area contributed by atoms with E-state index in [1.165, 1.54) is 21.5 Å². The van der Waals surface area contributed by atoms with Crippen LogP contribution in [0.4, 0.5) is 0 Å². The molecule has 4 heteroatoms. The van der Waals surface area contributed by atoms with Gasteiger partial charge in [-0.15, -0.1) is 0 Å². The minimum absolute atomic E-state index is 0.0494. The highest BCUT2D eigenvalue weighted by Gasteiger charge is 2.27. The molecule has 0 atom stereocenters. The molecule has 0 unspecified atom stereocenters. The molecule has 0 aliphatic rings. The van der Waals surface area contributed by atoms with E-state index in [0.717, 1.165) is 120 Å². The Kier molecular flexibility index (Phi) is 11.2. The molecular weight excluding hydrogens is 929 g/mol. The second-order valence-corrected chi connectivity index (χ2v) is 19.7. The standard InChI is InChI=1S/C72H50O4/c73-33-35-75-71-67(65-39-47-19-3-7-23-53(47)57-27-11-15-31-61(57)65)41-49(63-37-45-17-1-5-21-51(45)55-25-9-13-29-59(55)63)43-69(71)70-44-50(64-38-46-18-2-6-22-52(46)56-26-10-14-30-60(56)64)42-68(72(70)76-36-34-74)66-40-48-20-4-8-24-54(48)58-28-12-16-32-62(58)66/h1-32,37-44,73-74H,33-36H2. The van der Waals surface area contributed by atoms with Crippen LogP contribution in [0, 0.1) is 0 Å². The van der Waals surface area contributed by atoms with Crippen molar-refractivity contribution in [3.8, 4) is 67.1 Å². The van der Waals surface area contributed by atoms with Gasteiger partial charge in [0.1, 0.15) is 24.7 Å². The third-order valence-corrected chi connectivity index (χ3v) is 15.4. The second-order valence-electron chi connectivity index (χ2n) is 19.7. The van der Waals surface area contributed by atoms with Crippen LogP contribution in [0.1, 0.15) is 0 Å². The van der Waals surface area contributed by atoms with Crippen LogP contribution in [-0.2, 0) is 0 Å². The van der Waals surface area contributed by atoms with Crippen LogP contribution in [0.5, 0.6) is 11.5 Å². The molecule has 0 heterocycles. The van der Waals surface area contributed by atoms with Crippen LogP contribution in [0.2, 0.25) is 0 Å². The lowest BCUT2D eigenvalue weighted by Gasteiger charge is -2.25. The van der Waals surface area contributed by atoms with Crippen molar-refractivity contribution in [3.05, 3.63) is 243 Å². The van der Waals surface area contributed by atoms with Crippen molar-refractivity contribution in [3.63, 3.8) is 0 Å². The molecule has 14 aromatic rings. The van der Waals surface area contributed by atoms with E-state index in [9.17, 15) is 10.2 Å². The van der Waals surface area contributed by atoms with Crippen molar-refractivity contribution >= 4 is 86.2 Å². The van der Waals surface area contributed by atoms with Crippen LogP contribution >= 0.6 is 0 Å². The predicted molar refractivity (Wildman–Crippen MR) is 319 cm³/mol. The van der Waals surface area contributed by atoms with Gasteiger partial charge in [-0.3, -0.25) is 0 Å². The first-order valence-corrected chi connectivity index (χ1v) is 26.1. The van der Waals surface area contributed by atoms with Crippen molar-refractivity contribution < 1.29 is 19.7 Å². The van der Waals surface area contributed by atoms with E-state index >= 15 is 0 Å². The number of hydrogen-bond donors (Lipinski definition) is 2. The summed E-state index contributed by atoms with van der Waals surface area (Å²) in [6.45, 7) is -0.291. The molecule has 0 bridgehead atoms. The molecule has 14 rings (SSSR count). The quantitative estimate of drug-likeness (QED) is 0.127. The molecular formula is C72H50O4. The lowest BCUT2D eigenvalue weighted by Crippen LogP contribution is -2.07. The van der Waals surface area contributed by atoms with Crippen molar-refractivity contribution in [1.82, 2.24) is 0 Å². The van der Waals surface area contributed by atoms with Crippen LogP contribution in [-0.4, -0.2) is 36.6 Å². The Hall–Kier alpha value is -9.32. The summed E-state index contributed by atoms with van der Waals surface area (Å²) in [5.41, 5.74) is 9.50. The Morgan fingerprint density at radius 2 is 0.447 bits per heavy atom. The number of rotatable bonds is 11. The number of hydrogen-bond acceptors (Lipinski definition) is 4. The van der Waals surface area contributed by atoms with Gasteiger partial charge in [-0.1, -0.05) is 194 Å². The Labute approximate surface area is 439 Å². The molecule has 0 aliphatic carbocycles. The summed E-state index contributed by atoms with van der Waals surface area (Å²) >= 11 is 0. The molecule has 0 saturated heterocycles. The Bertz CT molecular complexity index is 4330. The first-order valence-electron chi connectivity index (χ1n) is 26.1. The summed E-state index contributed by atoms with van der Waals surface area (Å²) in [5, 5.41) is 39.7. The molecule has 2 N–H and O–H groups in total. The Morgan fingerprint density at radius 1 is 0.224 bits per heavy atom. The fraction of sp³-hybridized carbons (Fsp3) is 0.0556. The SMILES string of the molecule is OCCOc1c(-c2cc(-c3cc4ccccc4c4ccccc34)cc(-c3cc4ccccc4c4ccccc34)c2OCCO)cc(-c2cc3ccccc3c3ccccc23)cc1-c1cc2ccccc2c2ccccc12. The molecule has 0 spiro atoms. The van der Waals surface area contributed by atoms with Gasteiger partial charge in [-0.2, -0.15) is 0 Å². The first-order chi connectivity index (χ1) is 37.6. The lowest BCUT2D eigenvalue weighted by atomic mass is 9.84. The normalized spacial score (nSPS) is 11.8. The van der Waals surface area contributed by atoms with E-state index in [0.29, 0.717) is 11.5 Å². The summed E-state index contributed by atoms with van der Waals surface area (Å²) in [6, 6.07) is 87.3. The van der Waals surface area contributed by atoms with E-state index in [2.05, 4.69) is 243 Å². The zero-order valence-electron chi connectivity index (χ0n) is 41.6. The maximum atomic E-state index is 10.8. The Morgan fingerprint density at radius 3 is 0.737 bits per heavy atom. The number of fused-ring (bicyclic) bond motifs is 12.